The molecule has 1 saturated carbocycles. The van der Waals surface area contributed by atoms with E-state index in [1.54, 1.807) is 4.90 Å². The standard InChI is InChI=1S/C24H26BrNO4/c1-2-29-21(27)24(19-8-10-20(25)11-9-19)17-23(24)12-14-26(15-13-23)22(28)30-16-18-6-4-3-5-7-18/h3-11H,2,12-17H2,1H3. The molecule has 6 heteroatoms. The molecule has 158 valence electrons. The number of carbonyl (C=O) groups excluding carboxylic acids is 2. The molecule has 0 N–H and O–H groups in total. The van der Waals surface area contributed by atoms with Gasteiger partial charge in [0.2, 0.25) is 0 Å². The molecule has 2 aliphatic rings. The maximum Gasteiger partial charge on any atom is 0.410 e. The van der Waals surface area contributed by atoms with E-state index < -0.39 is 5.41 Å². The molecule has 1 aliphatic carbocycles. The zero-order valence-corrected chi connectivity index (χ0v) is 18.7. The molecule has 1 unspecified atom stereocenters. The number of halogens is 1. The third-order valence-electron chi connectivity index (χ3n) is 6.53. The van der Waals surface area contributed by atoms with Crippen LogP contribution in [-0.2, 0) is 26.3 Å². The van der Waals surface area contributed by atoms with Crippen molar-refractivity contribution in [1.29, 1.82) is 0 Å². The van der Waals surface area contributed by atoms with Crippen LogP contribution in [0.15, 0.2) is 59.1 Å². The summed E-state index contributed by atoms with van der Waals surface area (Å²) >= 11 is 3.47. The average molecular weight is 472 g/mol. The minimum Gasteiger partial charge on any atom is -0.465 e. The second kappa shape index (κ2) is 8.42. The van der Waals surface area contributed by atoms with Crippen molar-refractivity contribution in [1.82, 2.24) is 4.90 Å². The van der Waals surface area contributed by atoms with Crippen molar-refractivity contribution in [2.24, 2.45) is 5.41 Å². The molecule has 1 saturated heterocycles. The largest absolute Gasteiger partial charge is 0.465 e. The van der Waals surface area contributed by atoms with Crippen molar-refractivity contribution >= 4 is 28.0 Å². The van der Waals surface area contributed by atoms with E-state index >= 15 is 0 Å². The number of esters is 1. The second-order valence-electron chi connectivity index (χ2n) is 8.12. The van der Waals surface area contributed by atoms with Crippen molar-refractivity contribution in [3.63, 3.8) is 0 Å². The number of benzene rings is 2. The molecule has 30 heavy (non-hydrogen) atoms. The van der Waals surface area contributed by atoms with Crippen LogP contribution < -0.4 is 0 Å². The number of hydrogen-bond acceptors (Lipinski definition) is 4. The first-order valence-electron chi connectivity index (χ1n) is 10.4. The van der Waals surface area contributed by atoms with Crippen molar-refractivity contribution in [3.05, 3.63) is 70.2 Å². The van der Waals surface area contributed by atoms with Crippen LogP contribution in [0.4, 0.5) is 4.79 Å². The summed E-state index contributed by atoms with van der Waals surface area (Å²) in [6, 6.07) is 17.6. The highest BCUT2D eigenvalue weighted by Gasteiger charge is 2.73. The monoisotopic (exact) mass is 471 g/mol. The number of nitrogens with zero attached hydrogens (tertiary/aromatic N) is 1. The van der Waals surface area contributed by atoms with Gasteiger partial charge in [-0.05, 0) is 54.9 Å². The van der Waals surface area contributed by atoms with Crippen LogP contribution in [0.3, 0.4) is 0 Å². The van der Waals surface area contributed by atoms with Gasteiger partial charge >= 0.3 is 12.1 Å². The molecule has 5 nitrogen and oxygen atoms in total. The Labute approximate surface area is 185 Å². The van der Waals surface area contributed by atoms with Crippen LogP contribution in [-0.4, -0.2) is 36.7 Å². The topological polar surface area (TPSA) is 55.8 Å². The SMILES string of the molecule is CCOC(=O)C1(c2ccc(Br)cc2)CC12CCN(C(=O)OCc1ccccc1)CC2. The predicted molar refractivity (Wildman–Crippen MR) is 117 cm³/mol. The zero-order chi connectivity index (χ0) is 21.2. The molecular formula is C24H26BrNO4. The Morgan fingerprint density at radius 1 is 1.00 bits per heavy atom. The Balaban J connectivity index is 1.43. The first-order valence-corrected chi connectivity index (χ1v) is 11.2. The number of carbonyl (C=O) groups is 2. The van der Waals surface area contributed by atoms with Crippen LogP contribution in [0.1, 0.15) is 37.3 Å². The molecule has 2 fully saturated rings. The molecule has 0 radical (unpaired) electrons. The van der Waals surface area contributed by atoms with Gasteiger partial charge in [-0.2, -0.15) is 0 Å². The van der Waals surface area contributed by atoms with Crippen molar-refractivity contribution in [2.45, 2.75) is 38.2 Å². The van der Waals surface area contributed by atoms with E-state index in [-0.39, 0.29) is 24.1 Å². The quantitative estimate of drug-likeness (QED) is 0.570. The van der Waals surface area contributed by atoms with E-state index in [1.165, 1.54) is 0 Å². The van der Waals surface area contributed by atoms with Crippen LogP contribution in [0, 0.1) is 5.41 Å². The van der Waals surface area contributed by atoms with Crippen molar-refractivity contribution in [2.75, 3.05) is 19.7 Å². The summed E-state index contributed by atoms with van der Waals surface area (Å²) in [6.45, 7) is 3.66. The van der Waals surface area contributed by atoms with Gasteiger partial charge in [0.15, 0.2) is 0 Å². The minimum atomic E-state index is -0.607. The fourth-order valence-electron chi connectivity index (χ4n) is 4.80. The fraction of sp³-hybridized carbons (Fsp3) is 0.417. The molecule has 0 bridgehead atoms. The lowest BCUT2D eigenvalue weighted by Crippen LogP contribution is -2.43. The van der Waals surface area contributed by atoms with Crippen molar-refractivity contribution in [3.8, 4) is 0 Å². The second-order valence-corrected chi connectivity index (χ2v) is 9.03. The number of hydrogen-bond donors (Lipinski definition) is 0. The molecule has 1 aliphatic heterocycles. The molecule has 1 atom stereocenters. The Morgan fingerprint density at radius 2 is 1.67 bits per heavy atom. The first kappa shape index (κ1) is 20.9. The number of piperidine rings is 1. The number of amides is 1. The Kier molecular flexibility index (Phi) is 5.87. The normalized spacial score (nSPS) is 21.9. The third-order valence-corrected chi connectivity index (χ3v) is 7.06. The van der Waals surface area contributed by atoms with E-state index in [9.17, 15) is 9.59 Å². The smallest absolute Gasteiger partial charge is 0.410 e. The van der Waals surface area contributed by atoms with Crippen LogP contribution in [0.25, 0.3) is 0 Å². The van der Waals surface area contributed by atoms with Gasteiger partial charge < -0.3 is 14.4 Å². The van der Waals surface area contributed by atoms with E-state index in [1.807, 2.05) is 61.5 Å². The highest BCUT2D eigenvalue weighted by Crippen LogP contribution is 2.70. The Morgan fingerprint density at radius 3 is 2.30 bits per heavy atom. The average Bonchev–Trinajstić information content (AvgIpc) is 3.42. The summed E-state index contributed by atoms with van der Waals surface area (Å²) in [6.07, 6.45) is 2.01. The van der Waals surface area contributed by atoms with Crippen molar-refractivity contribution < 1.29 is 19.1 Å². The van der Waals surface area contributed by atoms with Gasteiger partial charge in [-0.15, -0.1) is 0 Å². The summed E-state index contributed by atoms with van der Waals surface area (Å²) in [7, 11) is 0. The van der Waals surface area contributed by atoms with Gasteiger partial charge in [0.1, 0.15) is 6.61 Å². The molecule has 0 aromatic heterocycles. The molecular weight excluding hydrogens is 446 g/mol. The molecule has 1 amide bonds. The lowest BCUT2D eigenvalue weighted by molar-refractivity contribution is -0.147. The maximum absolute atomic E-state index is 13.0. The molecule has 2 aromatic rings. The predicted octanol–water partition coefficient (Wildman–Crippen LogP) is 5.07. The Hall–Kier alpha value is -2.34. The number of rotatable bonds is 5. The van der Waals surface area contributed by atoms with Gasteiger partial charge in [0.25, 0.3) is 0 Å². The lowest BCUT2D eigenvalue weighted by Gasteiger charge is -2.34. The van der Waals surface area contributed by atoms with E-state index in [4.69, 9.17) is 9.47 Å². The van der Waals surface area contributed by atoms with Gasteiger partial charge in [0.05, 0.1) is 12.0 Å². The molecule has 1 spiro atoms. The van der Waals surface area contributed by atoms with Gasteiger partial charge in [-0.1, -0.05) is 58.4 Å². The van der Waals surface area contributed by atoms with Gasteiger partial charge in [0, 0.05) is 17.6 Å². The van der Waals surface area contributed by atoms with Gasteiger partial charge in [-0.3, -0.25) is 4.79 Å². The fourth-order valence-corrected chi connectivity index (χ4v) is 5.06. The summed E-state index contributed by atoms with van der Waals surface area (Å²) < 4.78 is 12.0. The van der Waals surface area contributed by atoms with Crippen LogP contribution in [0.5, 0.6) is 0 Å². The van der Waals surface area contributed by atoms with Gasteiger partial charge in [-0.25, -0.2) is 4.79 Å². The van der Waals surface area contributed by atoms with Crippen LogP contribution >= 0.6 is 15.9 Å². The zero-order valence-electron chi connectivity index (χ0n) is 17.1. The van der Waals surface area contributed by atoms with E-state index in [2.05, 4.69) is 15.9 Å². The highest BCUT2D eigenvalue weighted by atomic mass is 79.9. The molecule has 2 aromatic carbocycles. The maximum atomic E-state index is 13.0. The molecule has 4 rings (SSSR count). The summed E-state index contributed by atoms with van der Waals surface area (Å²) in [5, 5.41) is 0. The number of ether oxygens (including phenoxy) is 2. The van der Waals surface area contributed by atoms with E-state index in [0.717, 1.165) is 34.9 Å². The summed E-state index contributed by atoms with van der Waals surface area (Å²) in [5.41, 5.74) is 1.22. The summed E-state index contributed by atoms with van der Waals surface area (Å²) in [5.74, 6) is -0.146. The molecule has 1 heterocycles. The minimum absolute atomic E-state index is 0.146. The number of likely N-dealkylation sites (tertiary alicyclic amines) is 1. The third kappa shape index (κ3) is 3.73. The summed E-state index contributed by atoms with van der Waals surface area (Å²) in [4.78, 5) is 27.3. The highest BCUT2D eigenvalue weighted by molar-refractivity contribution is 9.10. The van der Waals surface area contributed by atoms with Crippen LogP contribution in [0.2, 0.25) is 0 Å². The Bertz CT molecular complexity index is 907. The lowest BCUT2D eigenvalue weighted by atomic mass is 9.80. The van der Waals surface area contributed by atoms with E-state index in [0.29, 0.717) is 19.7 Å². The first-order chi connectivity index (χ1) is 14.5.